The molecule has 0 saturated carbocycles. The van der Waals surface area contributed by atoms with Crippen LogP contribution in [0.4, 0.5) is 0 Å². The molecule has 0 aliphatic heterocycles. The van der Waals surface area contributed by atoms with Crippen molar-refractivity contribution in [3.63, 3.8) is 0 Å². The van der Waals surface area contributed by atoms with Crippen molar-refractivity contribution in [2.24, 2.45) is 0 Å². The van der Waals surface area contributed by atoms with Crippen LogP contribution < -0.4 is 4.74 Å². The Labute approximate surface area is 116 Å². The third-order valence-electron chi connectivity index (χ3n) is 2.25. The topological polar surface area (TPSA) is 9.23 Å². The van der Waals surface area contributed by atoms with E-state index in [2.05, 4.69) is 6.07 Å². The third kappa shape index (κ3) is 4.89. The van der Waals surface area contributed by atoms with Gasteiger partial charge in [0.25, 0.3) is 0 Å². The molecule has 0 N–H and O–H groups in total. The van der Waals surface area contributed by atoms with Crippen LogP contribution in [-0.2, 0) is 23.9 Å². The number of aryl methyl sites for hydroxylation is 1. The molecule has 0 aliphatic carbocycles. The van der Waals surface area contributed by atoms with Gasteiger partial charge < -0.3 is 4.74 Å². The zero-order valence-corrected chi connectivity index (χ0v) is 13.5. The Kier molecular flexibility index (Phi) is 6.92. The van der Waals surface area contributed by atoms with Gasteiger partial charge in [0.15, 0.2) is 0 Å². The Hall–Kier alpha value is -0.847. The molecule has 2 aromatic rings. The van der Waals surface area contributed by atoms with E-state index in [-0.39, 0.29) is 0 Å². The number of rotatable bonds is 3. The summed E-state index contributed by atoms with van der Waals surface area (Å²) in [5.41, 5.74) is 2.23. The molecule has 0 radical (unpaired) electrons. The van der Waals surface area contributed by atoms with Gasteiger partial charge in [0.05, 0.1) is 6.61 Å². The number of hydrogen-bond acceptors (Lipinski definition) is 1. The molecule has 0 aromatic heterocycles. The van der Waals surface area contributed by atoms with Crippen molar-refractivity contribution in [1.82, 2.24) is 0 Å². The fraction of sp³-hybridized carbons (Fsp3) is 0.143. The average molecular weight is 298 g/mol. The van der Waals surface area contributed by atoms with Gasteiger partial charge >= 0.3 is 27.0 Å². The summed E-state index contributed by atoms with van der Waals surface area (Å²) in [5.74, 6) is 0.940. The summed E-state index contributed by atoms with van der Waals surface area (Å²) in [7, 11) is 4.76. The number of benzene rings is 2. The molecule has 3 heteroatoms. The normalized spacial score (nSPS) is 9.18. The molecule has 84 valence electrons. The first-order chi connectivity index (χ1) is 8.36. The Bertz CT molecular complexity index is 431. The fourth-order valence-corrected chi connectivity index (χ4v) is 1.39. The van der Waals surface area contributed by atoms with E-state index in [4.69, 9.17) is 14.4 Å². The SMILES string of the molecule is Cc1ccccc1OCc1[c-]cccc1.[Cl][Zn+]. The van der Waals surface area contributed by atoms with Crippen molar-refractivity contribution in [1.29, 1.82) is 0 Å². The second-order valence-electron chi connectivity index (χ2n) is 3.44. The predicted molar refractivity (Wildman–Crippen MR) is 66.6 cm³/mol. The van der Waals surface area contributed by atoms with Gasteiger partial charge in [-0.3, -0.25) is 0 Å². The average Bonchev–Trinajstić information content (AvgIpc) is 2.41. The first-order valence-corrected chi connectivity index (χ1v) is 9.17. The number of para-hydroxylation sites is 1. The summed E-state index contributed by atoms with van der Waals surface area (Å²) < 4.78 is 5.69. The minimum absolute atomic E-state index is 0.575. The monoisotopic (exact) mass is 296 g/mol. The second-order valence-corrected chi connectivity index (χ2v) is 3.44. The fourth-order valence-electron chi connectivity index (χ4n) is 1.39. The number of ether oxygens (including phenoxy) is 1. The van der Waals surface area contributed by atoms with Crippen molar-refractivity contribution in [2.75, 3.05) is 0 Å². The summed E-state index contributed by atoms with van der Waals surface area (Å²) >= 11 is 0.847. The van der Waals surface area contributed by atoms with Crippen LogP contribution in [0.5, 0.6) is 5.75 Å². The zero-order valence-electron chi connectivity index (χ0n) is 9.82. The molecule has 0 bridgehead atoms. The minimum atomic E-state index is 0.575. The first-order valence-electron chi connectivity index (χ1n) is 5.27. The van der Waals surface area contributed by atoms with Crippen molar-refractivity contribution >= 4 is 9.69 Å². The van der Waals surface area contributed by atoms with Gasteiger partial charge in [0.2, 0.25) is 0 Å². The molecule has 2 aromatic carbocycles. The molecule has 2 rings (SSSR count). The quantitative estimate of drug-likeness (QED) is 0.613. The Balaban J connectivity index is 0.000000686. The van der Waals surface area contributed by atoms with Crippen LogP contribution in [0, 0.1) is 13.0 Å². The zero-order chi connectivity index (χ0) is 12.5. The van der Waals surface area contributed by atoms with E-state index in [0.717, 1.165) is 34.2 Å². The summed E-state index contributed by atoms with van der Waals surface area (Å²) in [5, 5.41) is 0. The summed E-state index contributed by atoms with van der Waals surface area (Å²) in [4.78, 5) is 0. The number of halogens is 1. The second kappa shape index (κ2) is 8.27. The van der Waals surface area contributed by atoms with Crippen molar-refractivity contribution < 1.29 is 22.0 Å². The molecule has 0 spiro atoms. The maximum atomic E-state index is 5.69. The van der Waals surface area contributed by atoms with Gasteiger partial charge in [-0.1, -0.05) is 18.2 Å². The van der Waals surface area contributed by atoms with Crippen molar-refractivity contribution in [2.45, 2.75) is 13.5 Å². The molecule has 0 amide bonds. The van der Waals surface area contributed by atoms with Crippen LogP contribution in [0.15, 0.2) is 48.5 Å². The van der Waals surface area contributed by atoms with E-state index in [1.54, 1.807) is 0 Å². The Morgan fingerprint density at radius 2 is 1.82 bits per heavy atom. The van der Waals surface area contributed by atoms with Gasteiger partial charge in [-0.15, -0.1) is 5.56 Å². The van der Waals surface area contributed by atoms with E-state index in [9.17, 15) is 0 Å². The molecule has 0 saturated heterocycles. The van der Waals surface area contributed by atoms with Crippen LogP contribution in [0.1, 0.15) is 11.1 Å². The van der Waals surface area contributed by atoms with Crippen LogP contribution in [-0.4, -0.2) is 0 Å². The summed E-state index contributed by atoms with van der Waals surface area (Å²) in [6.45, 7) is 2.62. The van der Waals surface area contributed by atoms with Crippen LogP contribution in [0.25, 0.3) is 0 Å². The van der Waals surface area contributed by atoms with E-state index in [1.165, 1.54) is 0 Å². The Morgan fingerprint density at radius 1 is 1.12 bits per heavy atom. The van der Waals surface area contributed by atoms with Crippen molar-refractivity contribution in [3.05, 3.63) is 65.7 Å². The maximum absolute atomic E-state index is 5.69. The summed E-state index contributed by atoms with van der Waals surface area (Å²) in [6.07, 6.45) is 0. The Morgan fingerprint density at radius 3 is 2.47 bits per heavy atom. The standard InChI is InChI=1S/C14H13O.ClH.Zn/c1-12-7-5-6-10-14(12)15-11-13-8-3-2-4-9-13;;/h2-8,10H,11H2,1H3;1H;/q-1;;+2/p-1. The predicted octanol–water partition coefficient (Wildman–Crippen LogP) is 4.06. The number of hydrogen-bond donors (Lipinski definition) is 0. The third-order valence-corrected chi connectivity index (χ3v) is 2.25. The molecule has 0 unspecified atom stereocenters. The molecule has 0 aliphatic rings. The van der Waals surface area contributed by atoms with Gasteiger partial charge in [0.1, 0.15) is 5.75 Å². The van der Waals surface area contributed by atoms with Crippen LogP contribution in [0.3, 0.4) is 0 Å². The first kappa shape index (κ1) is 14.2. The van der Waals surface area contributed by atoms with E-state index in [1.807, 2.05) is 55.5 Å². The van der Waals surface area contributed by atoms with Crippen molar-refractivity contribution in [3.8, 4) is 5.75 Å². The van der Waals surface area contributed by atoms with Gasteiger partial charge in [-0.2, -0.15) is 30.3 Å². The molecule has 0 atom stereocenters. The van der Waals surface area contributed by atoms with Crippen LogP contribution in [0.2, 0.25) is 0 Å². The molecule has 0 heterocycles. The molecule has 1 nitrogen and oxygen atoms in total. The van der Waals surface area contributed by atoms with Gasteiger partial charge in [-0.05, 0) is 18.6 Å². The van der Waals surface area contributed by atoms with E-state index in [0.29, 0.717) is 6.61 Å². The molecular weight excluding hydrogens is 285 g/mol. The van der Waals surface area contributed by atoms with Gasteiger partial charge in [-0.25, -0.2) is 0 Å². The van der Waals surface area contributed by atoms with Crippen LogP contribution >= 0.6 is 9.69 Å². The van der Waals surface area contributed by atoms with E-state index < -0.39 is 0 Å². The molecule has 0 fully saturated rings. The van der Waals surface area contributed by atoms with Gasteiger partial charge in [0, 0.05) is 0 Å². The molecule has 17 heavy (non-hydrogen) atoms. The molecular formula is C14H13ClOZn. The summed E-state index contributed by atoms with van der Waals surface area (Å²) in [6, 6.07) is 19.0. The van der Waals surface area contributed by atoms with E-state index >= 15 is 0 Å².